The van der Waals surface area contributed by atoms with Crippen molar-refractivity contribution in [2.75, 3.05) is 31.1 Å². The second-order valence-corrected chi connectivity index (χ2v) is 8.10. The number of hydrogen-bond donors (Lipinski definition) is 1. The molecule has 1 N–H and O–H groups in total. The standard InChI is InChI=1S/C15H20N2O4S/c18-10-12-2-1-6-17(12)11-3-4-15-14(8-11)21-13-5-7-16(9-13)22(15,19)20/h3-4,8,12-13,18H,1-2,5-7,9-10H2/t12-,13-/m1/s1. The maximum Gasteiger partial charge on any atom is 0.246 e. The molecule has 22 heavy (non-hydrogen) atoms. The summed E-state index contributed by atoms with van der Waals surface area (Å²) in [5, 5.41) is 9.47. The monoisotopic (exact) mass is 324 g/mol. The van der Waals surface area contributed by atoms with Gasteiger partial charge in [-0.25, -0.2) is 8.42 Å². The van der Waals surface area contributed by atoms with Crippen LogP contribution in [0.3, 0.4) is 0 Å². The molecular weight excluding hydrogens is 304 g/mol. The molecule has 2 saturated heterocycles. The fourth-order valence-electron chi connectivity index (χ4n) is 3.68. The van der Waals surface area contributed by atoms with E-state index in [0.29, 0.717) is 18.8 Å². The molecule has 7 heteroatoms. The summed E-state index contributed by atoms with van der Waals surface area (Å²) in [4.78, 5) is 2.40. The van der Waals surface area contributed by atoms with Gasteiger partial charge in [-0.3, -0.25) is 0 Å². The van der Waals surface area contributed by atoms with E-state index in [1.54, 1.807) is 6.07 Å². The number of nitrogens with zero attached hydrogens (tertiary/aromatic N) is 2. The van der Waals surface area contributed by atoms with Gasteiger partial charge in [0.05, 0.1) is 19.2 Å². The zero-order valence-corrected chi connectivity index (χ0v) is 13.1. The zero-order chi connectivity index (χ0) is 15.3. The van der Waals surface area contributed by atoms with E-state index in [4.69, 9.17) is 4.74 Å². The molecule has 3 aliphatic heterocycles. The Morgan fingerprint density at radius 3 is 2.95 bits per heavy atom. The molecule has 1 unspecified atom stereocenters. The van der Waals surface area contributed by atoms with Gasteiger partial charge >= 0.3 is 0 Å². The number of rotatable bonds is 2. The van der Waals surface area contributed by atoms with Crippen molar-refractivity contribution in [3.05, 3.63) is 18.2 Å². The van der Waals surface area contributed by atoms with Crippen molar-refractivity contribution in [3.8, 4) is 5.75 Å². The topological polar surface area (TPSA) is 70.1 Å². The summed E-state index contributed by atoms with van der Waals surface area (Å²) in [5.41, 5.74) is 0.929. The molecule has 0 aromatic heterocycles. The number of hydrogen-bond acceptors (Lipinski definition) is 5. The minimum atomic E-state index is -3.45. The lowest BCUT2D eigenvalue weighted by atomic mass is 10.2. The van der Waals surface area contributed by atoms with E-state index < -0.39 is 10.0 Å². The van der Waals surface area contributed by atoms with Crippen LogP contribution >= 0.6 is 0 Å². The zero-order valence-electron chi connectivity index (χ0n) is 12.3. The van der Waals surface area contributed by atoms with Gasteiger partial charge in [-0.2, -0.15) is 4.31 Å². The molecule has 3 heterocycles. The Bertz CT molecular complexity index is 691. The van der Waals surface area contributed by atoms with Gasteiger partial charge < -0.3 is 14.7 Å². The third-order valence-electron chi connectivity index (χ3n) is 4.87. The Morgan fingerprint density at radius 1 is 1.27 bits per heavy atom. The van der Waals surface area contributed by atoms with Crippen molar-refractivity contribution in [3.63, 3.8) is 0 Å². The summed E-state index contributed by atoms with van der Waals surface area (Å²) >= 11 is 0. The third-order valence-corrected chi connectivity index (χ3v) is 6.77. The first-order valence-electron chi connectivity index (χ1n) is 7.78. The molecule has 0 saturated carbocycles. The lowest BCUT2D eigenvalue weighted by Crippen LogP contribution is -2.32. The normalized spacial score (nSPS) is 32.4. The third kappa shape index (κ3) is 2.11. The van der Waals surface area contributed by atoms with Crippen molar-refractivity contribution >= 4 is 15.7 Å². The molecule has 4 rings (SSSR count). The van der Waals surface area contributed by atoms with E-state index >= 15 is 0 Å². The molecule has 6 nitrogen and oxygen atoms in total. The fourth-order valence-corrected chi connectivity index (χ4v) is 5.26. The van der Waals surface area contributed by atoms with Crippen LogP contribution in [0.2, 0.25) is 0 Å². The second kappa shape index (κ2) is 5.11. The molecular formula is C15H20N2O4S. The van der Waals surface area contributed by atoms with Gasteiger partial charge in [-0.1, -0.05) is 0 Å². The molecule has 3 aliphatic rings. The average Bonchev–Trinajstić information content (AvgIpc) is 3.13. The van der Waals surface area contributed by atoms with Gasteiger partial charge in [-0.15, -0.1) is 0 Å². The predicted octanol–water partition coefficient (Wildman–Crippen LogP) is 0.803. The first-order valence-corrected chi connectivity index (χ1v) is 9.22. The number of benzene rings is 1. The van der Waals surface area contributed by atoms with Crippen LogP contribution in [0.1, 0.15) is 19.3 Å². The molecule has 0 amide bonds. The van der Waals surface area contributed by atoms with E-state index in [2.05, 4.69) is 4.90 Å². The van der Waals surface area contributed by atoms with E-state index in [0.717, 1.165) is 31.5 Å². The van der Waals surface area contributed by atoms with Gasteiger partial charge in [0.2, 0.25) is 10.0 Å². The first-order chi connectivity index (χ1) is 10.6. The number of fused-ring (bicyclic) bond motifs is 3. The molecule has 2 fully saturated rings. The van der Waals surface area contributed by atoms with Crippen molar-refractivity contribution in [2.45, 2.75) is 36.3 Å². The van der Waals surface area contributed by atoms with Gasteiger partial charge in [0.1, 0.15) is 16.7 Å². The molecule has 3 atom stereocenters. The highest BCUT2D eigenvalue weighted by Gasteiger charge is 2.39. The van der Waals surface area contributed by atoms with Crippen LogP contribution in [0, 0.1) is 0 Å². The Morgan fingerprint density at radius 2 is 2.14 bits per heavy atom. The number of aliphatic hydroxyl groups is 1. The van der Waals surface area contributed by atoms with E-state index in [-0.39, 0.29) is 23.6 Å². The van der Waals surface area contributed by atoms with Gasteiger partial charge in [0.25, 0.3) is 0 Å². The Hall–Kier alpha value is -1.31. The minimum Gasteiger partial charge on any atom is -0.487 e. The highest BCUT2D eigenvalue weighted by atomic mass is 32.2. The summed E-state index contributed by atoms with van der Waals surface area (Å²) in [6.07, 6.45) is 2.69. The Labute approximate surface area is 130 Å². The highest BCUT2D eigenvalue weighted by Crippen LogP contribution is 2.38. The number of sulfonamides is 1. The van der Waals surface area contributed by atoms with Crippen molar-refractivity contribution < 1.29 is 18.3 Å². The summed E-state index contributed by atoms with van der Waals surface area (Å²) in [6, 6.07) is 5.41. The van der Waals surface area contributed by atoms with Crippen LogP contribution in [0.5, 0.6) is 5.75 Å². The fraction of sp³-hybridized carbons (Fsp3) is 0.600. The van der Waals surface area contributed by atoms with Crippen molar-refractivity contribution in [2.24, 2.45) is 0 Å². The van der Waals surface area contributed by atoms with E-state index in [1.165, 1.54) is 4.31 Å². The molecule has 0 aliphatic carbocycles. The molecule has 2 bridgehead atoms. The maximum absolute atomic E-state index is 12.6. The van der Waals surface area contributed by atoms with Gasteiger partial charge in [0.15, 0.2) is 0 Å². The average molecular weight is 324 g/mol. The Balaban J connectivity index is 1.75. The molecule has 0 spiro atoms. The predicted molar refractivity (Wildman–Crippen MR) is 81.7 cm³/mol. The lowest BCUT2D eigenvalue weighted by Gasteiger charge is -2.26. The lowest BCUT2D eigenvalue weighted by molar-refractivity contribution is 0.215. The molecule has 1 aromatic rings. The number of aliphatic hydroxyl groups excluding tert-OH is 1. The largest absolute Gasteiger partial charge is 0.487 e. The SMILES string of the molecule is O=S1(=O)c2ccc(N3CCC[C@@H]3CO)cc2O[C@@H]2CCN1C2. The van der Waals surface area contributed by atoms with E-state index in [9.17, 15) is 13.5 Å². The summed E-state index contributed by atoms with van der Waals surface area (Å²) in [7, 11) is -3.45. The Kier molecular flexibility index (Phi) is 3.32. The molecule has 0 radical (unpaired) electrons. The van der Waals surface area contributed by atoms with Crippen LogP contribution in [0.4, 0.5) is 5.69 Å². The van der Waals surface area contributed by atoms with Crippen LogP contribution in [-0.4, -0.2) is 56.2 Å². The van der Waals surface area contributed by atoms with Gasteiger partial charge in [-0.05, 0) is 31.4 Å². The summed E-state index contributed by atoms with van der Waals surface area (Å²) < 4.78 is 32.7. The second-order valence-electron chi connectivity index (χ2n) is 6.19. The minimum absolute atomic E-state index is 0.0570. The van der Waals surface area contributed by atoms with Gasteiger partial charge in [0, 0.05) is 24.8 Å². The van der Waals surface area contributed by atoms with Crippen molar-refractivity contribution in [1.82, 2.24) is 4.31 Å². The van der Waals surface area contributed by atoms with Crippen LogP contribution in [0.15, 0.2) is 23.1 Å². The van der Waals surface area contributed by atoms with E-state index in [1.807, 2.05) is 12.1 Å². The molecule has 1 aromatic carbocycles. The molecule has 120 valence electrons. The van der Waals surface area contributed by atoms with Crippen LogP contribution < -0.4 is 9.64 Å². The highest BCUT2D eigenvalue weighted by molar-refractivity contribution is 7.89. The smallest absolute Gasteiger partial charge is 0.246 e. The van der Waals surface area contributed by atoms with Crippen molar-refractivity contribution in [1.29, 1.82) is 0 Å². The summed E-state index contributed by atoms with van der Waals surface area (Å²) in [5.74, 6) is 0.452. The number of ether oxygens (including phenoxy) is 1. The first kappa shape index (κ1) is 14.3. The van der Waals surface area contributed by atoms with Crippen LogP contribution in [-0.2, 0) is 10.0 Å². The quantitative estimate of drug-likeness (QED) is 0.871. The number of anilines is 1. The van der Waals surface area contributed by atoms with Crippen LogP contribution in [0.25, 0.3) is 0 Å². The summed E-state index contributed by atoms with van der Waals surface area (Å²) in [6.45, 7) is 1.97. The maximum atomic E-state index is 12.6.